The maximum atomic E-state index is 11.2. The number of carbonyl (C=O) groups excluding carboxylic acids is 1. The van der Waals surface area contributed by atoms with Crippen LogP contribution < -0.4 is 5.32 Å². The molecule has 16 heavy (non-hydrogen) atoms. The molecule has 0 unspecified atom stereocenters. The summed E-state index contributed by atoms with van der Waals surface area (Å²) in [6.45, 7) is 5.78. The number of benzene rings is 1. The summed E-state index contributed by atoms with van der Waals surface area (Å²) in [6.07, 6.45) is 2.74. The molecule has 0 aliphatic rings. The first-order chi connectivity index (χ1) is 7.68. The van der Waals surface area contributed by atoms with Gasteiger partial charge in [-0.15, -0.1) is 0 Å². The smallest absolute Gasteiger partial charge is 0.411 e. The van der Waals surface area contributed by atoms with Crippen LogP contribution in [0.15, 0.2) is 54.8 Å². The van der Waals surface area contributed by atoms with Crippen molar-refractivity contribution in [3.63, 3.8) is 0 Å². The summed E-state index contributed by atoms with van der Waals surface area (Å²) in [5.41, 5.74) is 1.82. The van der Waals surface area contributed by atoms with Crippen molar-refractivity contribution >= 4 is 6.09 Å². The molecule has 0 aliphatic carbocycles. The van der Waals surface area contributed by atoms with Crippen LogP contribution in [0, 0.1) is 0 Å². The Labute approximate surface area is 95.4 Å². The minimum atomic E-state index is -0.471. The largest absolute Gasteiger partial charge is 0.444 e. The van der Waals surface area contributed by atoms with Crippen molar-refractivity contribution in [1.82, 2.24) is 5.32 Å². The highest BCUT2D eigenvalue weighted by Crippen LogP contribution is 2.00. The van der Waals surface area contributed by atoms with Crippen LogP contribution in [0.1, 0.15) is 12.5 Å². The van der Waals surface area contributed by atoms with E-state index in [4.69, 9.17) is 4.74 Å². The van der Waals surface area contributed by atoms with Crippen LogP contribution in [0.5, 0.6) is 0 Å². The van der Waals surface area contributed by atoms with Gasteiger partial charge < -0.3 is 4.74 Å². The van der Waals surface area contributed by atoms with E-state index in [0.717, 1.165) is 11.1 Å². The average Bonchev–Trinajstić information content (AvgIpc) is 2.27. The van der Waals surface area contributed by atoms with E-state index >= 15 is 0 Å². The number of rotatable bonds is 4. The fourth-order valence-corrected chi connectivity index (χ4v) is 1.02. The molecule has 1 amide bonds. The van der Waals surface area contributed by atoms with E-state index in [1.165, 1.54) is 6.20 Å². The molecule has 1 rings (SSSR count). The molecule has 0 atom stereocenters. The van der Waals surface area contributed by atoms with Crippen LogP contribution in [-0.4, -0.2) is 6.09 Å². The Morgan fingerprint density at radius 2 is 2.12 bits per heavy atom. The van der Waals surface area contributed by atoms with Crippen molar-refractivity contribution < 1.29 is 9.53 Å². The second-order valence-corrected chi connectivity index (χ2v) is 3.39. The van der Waals surface area contributed by atoms with E-state index in [-0.39, 0.29) is 6.61 Å². The second-order valence-electron chi connectivity index (χ2n) is 3.39. The third kappa shape index (κ3) is 5.00. The van der Waals surface area contributed by atoms with Crippen LogP contribution in [0.2, 0.25) is 0 Å². The van der Waals surface area contributed by atoms with Gasteiger partial charge in [0.25, 0.3) is 0 Å². The van der Waals surface area contributed by atoms with E-state index in [9.17, 15) is 4.79 Å². The molecule has 3 nitrogen and oxygen atoms in total. The fourth-order valence-electron chi connectivity index (χ4n) is 1.02. The van der Waals surface area contributed by atoms with Gasteiger partial charge in [0.1, 0.15) is 6.61 Å². The Morgan fingerprint density at radius 3 is 2.75 bits per heavy atom. The molecule has 0 aliphatic heterocycles. The molecule has 0 heterocycles. The van der Waals surface area contributed by atoms with Crippen molar-refractivity contribution in [2.75, 3.05) is 0 Å². The van der Waals surface area contributed by atoms with Gasteiger partial charge in [0.15, 0.2) is 0 Å². The lowest BCUT2D eigenvalue weighted by atomic mass is 10.2. The Balaban J connectivity index is 2.28. The quantitative estimate of drug-likeness (QED) is 0.787. The van der Waals surface area contributed by atoms with Crippen molar-refractivity contribution in [3.8, 4) is 0 Å². The highest BCUT2D eigenvalue weighted by Gasteiger charge is 1.98. The minimum absolute atomic E-state index is 0.271. The molecule has 0 radical (unpaired) electrons. The number of amides is 1. The molecule has 0 bridgehead atoms. The summed E-state index contributed by atoms with van der Waals surface area (Å²) in [7, 11) is 0. The highest BCUT2D eigenvalue weighted by atomic mass is 16.5. The van der Waals surface area contributed by atoms with Crippen LogP contribution in [-0.2, 0) is 11.3 Å². The first kappa shape index (κ1) is 12.0. The number of ether oxygens (including phenoxy) is 1. The monoisotopic (exact) mass is 217 g/mol. The maximum Gasteiger partial charge on any atom is 0.411 e. The molecular weight excluding hydrogens is 202 g/mol. The second kappa shape index (κ2) is 6.45. The van der Waals surface area contributed by atoms with Gasteiger partial charge in [-0.25, -0.2) is 4.79 Å². The highest BCUT2D eigenvalue weighted by molar-refractivity contribution is 5.68. The van der Waals surface area contributed by atoms with E-state index in [1.54, 1.807) is 6.08 Å². The first-order valence-electron chi connectivity index (χ1n) is 4.98. The maximum absolute atomic E-state index is 11.2. The standard InChI is InChI=1S/C13H15NO2/c1-11(2)8-9-14-13(15)16-10-12-6-4-3-5-7-12/h3-9H,1,10H2,2H3,(H,14,15)/b9-8+. The predicted molar refractivity (Wildman–Crippen MR) is 63.7 cm³/mol. The van der Waals surface area contributed by atoms with Gasteiger partial charge in [-0.2, -0.15) is 0 Å². The summed E-state index contributed by atoms with van der Waals surface area (Å²) < 4.78 is 4.98. The number of alkyl carbamates (subject to hydrolysis) is 1. The number of hydrogen-bond acceptors (Lipinski definition) is 2. The summed E-state index contributed by atoms with van der Waals surface area (Å²) in [5.74, 6) is 0. The molecule has 1 aromatic carbocycles. The Bertz CT molecular complexity index is 382. The van der Waals surface area contributed by atoms with Crippen LogP contribution in [0.25, 0.3) is 0 Å². The molecule has 0 fully saturated rings. The topological polar surface area (TPSA) is 38.3 Å². The Kier molecular flexibility index (Phi) is 4.86. The lowest BCUT2D eigenvalue weighted by Crippen LogP contribution is -2.18. The molecule has 84 valence electrons. The van der Waals surface area contributed by atoms with E-state index < -0.39 is 6.09 Å². The first-order valence-corrected chi connectivity index (χ1v) is 4.98. The van der Waals surface area contributed by atoms with Gasteiger partial charge in [-0.3, -0.25) is 5.32 Å². The van der Waals surface area contributed by atoms with E-state index in [1.807, 2.05) is 37.3 Å². The van der Waals surface area contributed by atoms with Gasteiger partial charge >= 0.3 is 6.09 Å². The minimum Gasteiger partial charge on any atom is -0.444 e. The number of carbonyl (C=O) groups is 1. The molecule has 1 N–H and O–H groups in total. The molecule has 1 aromatic rings. The summed E-state index contributed by atoms with van der Waals surface area (Å²) in [5, 5.41) is 2.48. The Morgan fingerprint density at radius 1 is 1.44 bits per heavy atom. The van der Waals surface area contributed by atoms with Crippen LogP contribution in [0.4, 0.5) is 4.79 Å². The molecule has 0 aromatic heterocycles. The van der Waals surface area contributed by atoms with Gasteiger partial charge in [0.05, 0.1) is 0 Å². The summed E-state index contributed by atoms with van der Waals surface area (Å²) in [6, 6.07) is 9.52. The molecule has 0 saturated heterocycles. The van der Waals surface area contributed by atoms with Gasteiger partial charge in [-0.1, -0.05) is 42.5 Å². The molecule has 0 saturated carbocycles. The van der Waals surface area contributed by atoms with Gasteiger partial charge in [-0.05, 0) is 18.6 Å². The zero-order valence-electron chi connectivity index (χ0n) is 9.27. The molecule has 3 heteroatoms. The van der Waals surface area contributed by atoms with Gasteiger partial charge in [0, 0.05) is 6.20 Å². The zero-order valence-corrected chi connectivity index (χ0v) is 9.27. The van der Waals surface area contributed by atoms with E-state index in [0.29, 0.717) is 0 Å². The number of nitrogens with one attached hydrogen (secondary N) is 1. The number of hydrogen-bond donors (Lipinski definition) is 1. The SMILES string of the molecule is C=C(C)/C=C/NC(=O)OCc1ccccc1. The van der Waals surface area contributed by atoms with Crippen molar-refractivity contribution in [2.45, 2.75) is 13.5 Å². The van der Waals surface area contributed by atoms with Crippen molar-refractivity contribution in [2.24, 2.45) is 0 Å². The van der Waals surface area contributed by atoms with Crippen LogP contribution >= 0.6 is 0 Å². The normalized spacial score (nSPS) is 10.1. The predicted octanol–water partition coefficient (Wildman–Crippen LogP) is 3.00. The van der Waals surface area contributed by atoms with Gasteiger partial charge in [0.2, 0.25) is 0 Å². The molecule has 0 spiro atoms. The van der Waals surface area contributed by atoms with Crippen LogP contribution in [0.3, 0.4) is 0 Å². The summed E-state index contributed by atoms with van der Waals surface area (Å²) in [4.78, 5) is 11.2. The zero-order chi connectivity index (χ0) is 11.8. The fraction of sp³-hybridized carbons (Fsp3) is 0.154. The Hall–Kier alpha value is -2.03. The average molecular weight is 217 g/mol. The molecular formula is C13H15NO2. The van der Waals surface area contributed by atoms with Crippen molar-refractivity contribution in [1.29, 1.82) is 0 Å². The number of allylic oxidation sites excluding steroid dienone is 2. The summed E-state index contributed by atoms with van der Waals surface area (Å²) >= 11 is 0. The third-order valence-electron chi connectivity index (χ3n) is 1.78. The van der Waals surface area contributed by atoms with E-state index in [2.05, 4.69) is 11.9 Å². The third-order valence-corrected chi connectivity index (χ3v) is 1.78. The van der Waals surface area contributed by atoms with Crippen molar-refractivity contribution in [3.05, 3.63) is 60.3 Å². The lowest BCUT2D eigenvalue weighted by Gasteiger charge is -2.03. The lowest BCUT2D eigenvalue weighted by molar-refractivity contribution is 0.143.